The molecule has 30 heavy (non-hydrogen) atoms. The molecule has 2 amide bonds. The molecule has 0 bridgehead atoms. The number of hydrogen-bond acceptors (Lipinski definition) is 2. The van der Waals surface area contributed by atoms with Crippen molar-refractivity contribution < 1.29 is 9.59 Å². The molecule has 1 saturated heterocycles. The van der Waals surface area contributed by atoms with Crippen molar-refractivity contribution in [2.24, 2.45) is 0 Å². The number of aromatic amines is 1. The molecule has 0 spiro atoms. The molecule has 1 saturated carbocycles. The number of carbonyl (C=O) groups excluding carboxylic acids is 2. The molecule has 152 valence electrons. The van der Waals surface area contributed by atoms with Crippen LogP contribution in [0.2, 0.25) is 0 Å². The van der Waals surface area contributed by atoms with Crippen molar-refractivity contribution in [1.29, 1.82) is 0 Å². The summed E-state index contributed by atoms with van der Waals surface area (Å²) in [5.74, 6) is 0.183. The Morgan fingerprint density at radius 2 is 1.63 bits per heavy atom. The molecule has 6 rings (SSSR count). The highest BCUT2D eigenvalue weighted by molar-refractivity contribution is 5.97. The summed E-state index contributed by atoms with van der Waals surface area (Å²) in [5.41, 5.74) is 4.34. The van der Waals surface area contributed by atoms with Crippen molar-refractivity contribution in [1.82, 2.24) is 14.8 Å². The number of benzene rings is 2. The number of para-hydroxylation sites is 1. The Morgan fingerprint density at radius 3 is 2.43 bits per heavy atom. The molecular formula is C25H25N3O2. The van der Waals surface area contributed by atoms with Gasteiger partial charge in [0.2, 0.25) is 11.8 Å². The third-order valence-electron chi connectivity index (χ3n) is 7.17. The Morgan fingerprint density at radius 1 is 0.900 bits per heavy atom. The second-order valence-electron chi connectivity index (χ2n) is 8.80. The Labute approximate surface area is 175 Å². The van der Waals surface area contributed by atoms with Crippen LogP contribution in [-0.4, -0.2) is 45.2 Å². The largest absolute Gasteiger partial charge is 0.356 e. The van der Waals surface area contributed by atoms with E-state index in [0.29, 0.717) is 6.42 Å². The van der Waals surface area contributed by atoms with Gasteiger partial charge in [-0.1, -0.05) is 61.4 Å². The Bertz CT molecular complexity index is 1130. The minimum Gasteiger partial charge on any atom is -0.356 e. The molecule has 3 aromatic rings. The predicted octanol–water partition coefficient (Wildman–Crippen LogP) is 3.80. The van der Waals surface area contributed by atoms with Crippen LogP contribution >= 0.6 is 0 Å². The van der Waals surface area contributed by atoms with Crippen LogP contribution in [-0.2, 0) is 16.0 Å². The molecular weight excluding hydrogens is 374 g/mol. The lowest BCUT2D eigenvalue weighted by molar-refractivity contribution is -0.160. The fraction of sp³-hybridized carbons (Fsp3) is 0.360. The topological polar surface area (TPSA) is 56.4 Å². The average molecular weight is 399 g/mol. The Kier molecular flexibility index (Phi) is 3.98. The second-order valence-corrected chi connectivity index (χ2v) is 8.80. The molecule has 1 aliphatic carbocycles. The number of nitrogens with zero attached hydrogens (tertiary/aromatic N) is 2. The van der Waals surface area contributed by atoms with Gasteiger partial charge in [-0.25, -0.2) is 0 Å². The van der Waals surface area contributed by atoms with E-state index in [9.17, 15) is 9.59 Å². The summed E-state index contributed by atoms with van der Waals surface area (Å²) in [6.07, 6.45) is 4.92. The van der Waals surface area contributed by atoms with Gasteiger partial charge in [-0.3, -0.25) is 9.59 Å². The zero-order valence-corrected chi connectivity index (χ0v) is 16.9. The van der Waals surface area contributed by atoms with Crippen LogP contribution in [0.1, 0.15) is 48.5 Å². The minimum absolute atomic E-state index is 0.0599. The number of piperazine rings is 1. The van der Waals surface area contributed by atoms with Crippen molar-refractivity contribution in [2.75, 3.05) is 6.54 Å². The van der Waals surface area contributed by atoms with E-state index in [0.717, 1.165) is 47.8 Å². The number of aromatic nitrogens is 1. The molecule has 5 nitrogen and oxygen atoms in total. The summed E-state index contributed by atoms with van der Waals surface area (Å²) in [6.45, 7) is 0.207. The number of nitrogens with one attached hydrogen (secondary N) is 1. The summed E-state index contributed by atoms with van der Waals surface area (Å²) >= 11 is 0. The first kappa shape index (κ1) is 17.8. The molecule has 1 N–H and O–H groups in total. The van der Waals surface area contributed by atoms with Crippen LogP contribution < -0.4 is 0 Å². The van der Waals surface area contributed by atoms with E-state index in [-0.39, 0.29) is 30.4 Å². The highest BCUT2D eigenvalue weighted by atomic mass is 16.2. The van der Waals surface area contributed by atoms with Gasteiger partial charge in [-0.2, -0.15) is 0 Å². The third-order valence-corrected chi connectivity index (χ3v) is 7.17. The Hall–Kier alpha value is -3.08. The van der Waals surface area contributed by atoms with Gasteiger partial charge < -0.3 is 14.8 Å². The number of amides is 2. The molecule has 2 aliphatic heterocycles. The first-order chi connectivity index (χ1) is 14.7. The fourth-order valence-electron chi connectivity index (χ4n) is 5.79. The van der Waals surface area contributed by atoms with Crippen LogP contribution in [0.4, 0.5) is 0 Å². The van der Waals surface area contributed by atoms with Gasteiger partial charge in [-0.05, 0) is 30.0 Å². The van der Waals surface area contributed by atoms with E-state index in [2.05, 4.69) is 29.2 Å². The van der Waals surface area contributed by atoms with E-state index in [1.807, 2.05) is 40.1 Å². The smallest absolute Gasteiger partial charge is 0.246 e. The van der Waals surface area contributed by atoms with Gasteiger partial charge in [0.05, 0.1) is 6.04 Å². The zero-order valence-electron chi connectivity index (χ0n) is 16.9. The first-order valence-electron chi connectivity index (χ1n) is 11.0. The normalized spacial score (nSPS) is 24.4. The van der Waals surface area contributed by atoms with Gasteiger partial charge in [0.1, 0.15) is 12.6 Å². The van der Waals surface area contributed by atoms with E-state index in [4.69, 9.17) is 0 Å². The molecule has 0 unspecified atom stereocenters. The van der Waals surface area contributed by atoms with E-state index >= 15 is 0 Å². The maximum Gasteiger partial charge on any atom is 0.246 e. The molecule has 0 radical (unpaired) electrons. The lowest BCUT2D eigenvalue weighted by Gasteiger charge is -2.48. The number of rotatable bonds is 2. The van der Waals surface area contributed by atoms with Crippen LogP contribution in [0.25, 0.3) is 10.9 Å². The van der Waals surface area contributed by atoms with Gasteiger partial charge in [0.25, 0.3) is 0 Å². The van der Waals surface area contributed by atoms with Gasteiger partial charge in [0.15, 0.2) is 0 Å². The lowest BCUT2D eigenvalue weighted by Crippen LogP contribution is -2.64. The third kappa shape index (κ3) is 2.54. The summed E-state index contributed by atoms with van der Waals surface area (Å²) < 4.78 is 0. The second kappa shape index (κ2) is 6.73. The maximum atomic E-state index is 13.7. The van der Waals surface area contributed by atoms with Crippen molar-refractivity contribution in [3.63, 3.8) is 0 Å². The summed E-state index contributed by atoms with van der Waals surface area (Å²) in [7, 11) is 0. The van der Waals surface area contributed by atoms with Crippen LogP contribution in [0.15, 0.2) is 54.6 Å². The zero-order chi connectivity index (χ0) is 20.2. The predicted molar refractivity (Wildman–Crippen MR) is 115 cm³/mol. The van der Waals surface area contributed by atoms with Gasteiger partial charge in [-0.15, -0.1) is 0 Å². The molecule has 3 heterocycles. The molecule has 3 aliphatic rings. The summed E-state index contributed by atoms with van der Waals surface area (Å²) in [6, 6.07) is 17.9. The molecule has 5 heteroatoms. The standard InChI is InChI=1S/C25H25N3O2/c29-22-15-27(17-10-4-5-11-17)25(30)21-14-19-18-12-6-7-13-20(18)26-23(19)24(28(21)22)16-8-2-1-3-9-16/h1-3,6-9,12-13,17,21,24,26H,4-5,10-11,14-15H2/t21-,24-/m0/s1. The monoisotopic (exact) mass is 399 g/mol. The van der Waals surface area contributed by atoms with E-state index < -0.39 is 6.04 Å². The molecule has 2 aromatic carbocycles. The highest BCUT2D eigenvalue weighted by Crippen LogP contribution is 2.43. The lowest BCUT2D eigenvalue weighted by atomic mass is 9.86. The van der Waals surface area contributed by atoms with Gasteiger partial charge >= 0.3 is 0 Å². The molecule has 2 fully saturated rings. The molecule has 2 atom stereocenters. The quantitative estimate of drug-likeness (QED) is 0.713. The van der Waals surface area contributed by atoms with Crippen molar-refractivity contribution >= 4 is 22.7 Å². The number of hydrogen-bond donors (Lipinski definition) is 1. The summed E-state index contributed by atoms with van der Waals surface area (Å²) in [5, 5.41) is 1.16. The number of H-pyrrole nitrogens is 1. The van der Waals surface area contributed by atoms with Crippen molar-refractivity contribution in [3.05, 3.63) is 71.4 Å². The minimum atomic E-state index is -0.427. The average Bonchev–Trinajstić information content (AvgIpc) is 3.43. The van der Waals surface area contributed by atoms with Crippen molar-refractivity contribution in [2.45, 2.75) is 50.2 Å². The number of fused-ring (bicyclic) bond motifs is 4. The number of carbonyl (C=O) groups is 2. The van der Waals surface area contributed by atoms with E-state index in [1.165, 1.54) is 5.56 Å². The fourth-order valence-corrected chi connectivity index (χ4v) is 5.79. The van der Waals surface area contributed by atoms with Crippen LogP contribution in [0.5, 0.6) is 0 Å². The molecule has 1 aromatic heterocycles. The summed E-state index contributed by atoms with van der Waals surface area (Å²) in [4.78, 5) is 34.5. The Balaban J connectivity index is 1.51. The van der Waals surface area contributed by atoms with Gasteiger partial charge in [0, 0.05) is 29.1 Å². The maximum absolute atomic E-state index is 13.7. The van der Waals surface area contributed by atoms with E-state index in [1.54, 1.807) is 0 Å². The van der Waals surface area contributed by atoms with Crippen molar-refractivity contribution in [3.8, 4) is 0 Å². The highest BCUT2D eigenvalue weighted by Gasteiger charge is 2.49. The van der Waals surface area contributed by atoms with Crippen LogP contribution in [0.3, 0.4) is 0 Å². The first-order valence-corrected chi connectivity index (χ1v) is 11.0. The SMILES string of the molecule is O=C1[C@@H]2Cc3c([nH]c4ccccc34)[C@H](c3ccccc3)N2C(=O)CN1C1CCCC1. The van der Waals surface area contributed by atoms with Crippen LogP contribution in [0, 0.1) is 0 Å².